The molecular formula is C42H43NO11. The molecule has 0 heterocycles. The third-order valence-corrected chi connectivity index (χ3v) is 10.4. The molecule has 4 aromatic rings. The molecule has 2 aliphatic carbocycles. The lowest BCUT2D eigenvalue weighted by atomic mass is 9.75. The van der Waals surface area contributed by atoms with Crippen molar-refractivity contribution in [1.29, 1.82) is 0 Å². The standard InChI is InChI=1S/C42H43NO11/c1-3-21-15-24(29-19-35(48)39(50)27-9-5-7-25-26(38(27)29)8-6-10-31(25)44)16-28-22(18-34(47)40(51)37(21)28)12-14-36(49)54-41(42(52)53)30(20-43-4-2)23-11-13-32(45)33(46)17-23/h6,8,10-14,16-19,21,30,41,43-48,50-51H,3-5,7,9,15,20H2,1-2H3,(H,52,53)/t21-,30-,41+/m0/s1. The fourth-order valence-electron chi connectivity index (χ4n) is 7.69. The van der Waals surface area contributed by atoms with E-state index in [4.69, 9.17) is 4.74 Å². The van der Waals surface area contributed by atoms with E-state index in [0.717, 1.165) is 22.8 Å². The molecule has 0 amide bonds. The zero-order chi connectivity index (χ0) is 38.8. The van der Waals surface area contributed by atoms with Gasteiger partial charge in [-0.1, -0.05) is 38.1 Å². The third kappa shape index (κ3) is 7.12. The summed E-state index contributed by atoms with van der Waals surface area (Å²) >= 11 is 0. The molecule has 282 valence electrons. The number of aliphatic carboxylic acids is 1. The summed E-state index contributed by atoms with van der Waals surface area (Å²) in [4.78, 5) is 25.8. The SMILES string of the molecule is CCNC[C@@H](c1ccc(O)c(O)c1)[C@@H](OC(=O)C=Cc1cc(O)c(O)c2c1C=C(c1cc(O)c(O)c3c1-c1cccc(O)c1CCC3)C[C@@H]2CC)C(=O)O. The number of carboxylic acids is 1. The molecule has 9 N–H and O–H groups in total. The van der Waals surface area contributed by atoms with Gasteiger partial charge in [0.1, 0.15) is 5.75 Å². The number of allylic oxidation sites excluding steroid dienone is 1. The summed E-state index contributed by atoms with van der Waals surface area (Å²) in [6.45, 7) is 4.29. The monoisotopic (exact) mass is 737 g/mol. The zero-order valence-corrected chi connectivity index (χ0v) is 29.8. The number of hydrogen-bond donors (Lipinski definition) is 9. The van der Waals surface area contributed by atoms with Gasteiger partial charge in [0.15, 0.2) is 34.5 Å². The molecule has 0 aliphatic heterocycles. The van der Waals surface area contributed by atoms with Crippen molar-refractivity contribution in [3.05, 3.63) is 93.6 Å². The number of ether oxygens (including phenoxy) is 1. The van der Waals surface area contributed by atoms with Crippen LogP contribution in [0.3, 0.4) is 0 Å². The molecule has 12 heteroatoms. The number of likely N-dealkylation sites (N-methyl/N-ethyl adjacent to an activating group) is 1. The van der Waals surface area contributed by atoms with Crippen LogP contribution in [0.2, 0.25) is 0 Å². The van der Waals surface area contributed by atoms with Gasteiger partial charge in [0.25, 0.3) is 0 Å². The van der Waals surface area contributed by atoms with Gasteiger partial charge >= 0.3 is 11.9 Å². The van der Waals surface area contributed by atoms with Crippen molar-refractivity contribution in [3.8, 4) is 51.4 Å². The lowest BCUT2D eigenvalue weighted by Gasteiger charge is -2.29. The maximum atomic E-state index is 13.3. The van der Waals surface area contributed by atoms with Crippen LogP contribution in [0.5, 0.6) is 40.2 Å². The first kappa shape index (κ1) is 37.6. The van der Waals surface area contributed by atoms with Crippen LogP contribution < -0.4 is 5.32 Å². The molecule has 0 bridgehead atoms. The Hall–Kier alpha value is -6.14. The number of rotatable bonds is 11. The van der Waals surface area contributed by atoms with E-state index in [0.29, 0.717) is 77.6 Å². The van der Waals surface area contributed by atoms with Crippen LogP contribution in [0.15, 0.2) is 54.6 Å². The fraction of sp³-hybridized carbons (Fsp3) is 0.286. The van der Waals surface area contributed by atoms with Gasteiger partial charge < -0.3 is 50.9 Å². The molecule has 0 saturated carbocycles. The Balaban J connectivity index is 1.42. The summed E-state index contributed by atoms with van der Waals surface area (Å²) in [5, 5.41) is 87.8. The van der Waals surface area contributed by atoms with Gasteiger partial charge in [-0.15, -0.1) is 0 Å². The summed E-state index contributed by atoms with van der Waals surface area (Å²) in [5.74, 6) is -5.69. The average Bonchev–Trinajstić information content (AvgIpc) is 3.35. The number of carbonyl (C=O) groups excluding carboxylic acids is 1. The van der Waals surface area contributed by atoms with Crippen LogP contribution in [0.4, 0.5) is 0 Å². The average molecular weight is 738 g/mol. The minimum absolute atomic E-state index is 0.0700. The van der Waals surface area contributed by atoms with Crippen molar-refractivity contribution in [2.45, 2.75) is 63.9 Å². The topological polar surface area (TPSA) is 217 Å². The number of hydrogen-bond acceptors (Lipinski definition) is 11. The van der Waals surface area contributed by atoms with Gasteiger partial charge in [-0.3, -0.25) is 0 Å². The Bertz CT molecular complexity index is 2190. The van der Waals surface area contributed by atoms with E-state index in [2.05, 4.69) is 5.32 Å². The van der Waals surface area contributed by atoms with Crippen LogP contribution in [0.1, 0.15) is 83.9 Å². The van der Waals surface area contributed by atoms with E-state index in [1.165, 1.54) is 36.4 Å². The van der Waals surface area contributed by atoms with Crippen molar-refractivity contribution >= 4 is 29.7 Å². The molecule has 0 saturated heterocycles. The molecule has 54 heavy (non-hydrogen) atoms. The highest BCUT2D eigenvalue weighted by Crippen LogP contribution is 2.53. The number of phenols is 7. The third-order valence-electron chi connectivity index (χ3n) is 10.4. The van der Waals surface area contributed by atoms with E-state index in [-0.39, 0.29) is 35.5 Å². The number of phenolic OH excluding ortho intramolecular Hbond substituents is 7. The highest BCUT2D eigenvalue weighted by Gasteiger charge is 2.34. The second kappa shape index (κ2) is 15.5. The number of benzene rings is 4. The molecule has 0 radical (unpaired) electrons. The number of fused-ring (bicyclic) bond motifs is 4. The van der Waals surface area contributed by atoms with Gasteiger partial charge in [-0.2, -0.15) is 0 Å². The predicted molar refractivity (Wildman–Crippen MR) is 202 cm³/mol. The van der Waals surface area contributed by atoms with Crippen molar-refractivity contribution in [2.24, 2.45) is 0 Å². The van der Waals surface area contributed by atoms with E-state index in [1.54, 1.807) is 18.2 Å². The minimum Gasteiger partial charge on any atom is -0.508 e. The van der Waals surface area contributed by atoms with Crippen LogP contribution in [0, 0.1) is 0 Å². The molecule has 0 unspecified atom stereocenters. The Morgan fingerprint density at radius 2 is 1.59 bits per heavy atom. The zero-order valence-electron chi connectivity index (χ0n) is 29.8. The van der Waals surface area contributed by atoms with Crippen LogP contribution in [0.25, 0.3) is 28.9 Å². The maximum Gasteiger partial charge on any atom is 0.345 e. The Morgan fingerprint density at radius 3 is 2.30 bits per heavy atom. The summed E-state index contributed by atoms with van der Waals surface area (Å²) in [6, 6.07) is 11.9. The normalized spacial score (nSPS) is 16.0. The number of carboxylic acid groups (broad SMARTS) is 1. The Morgan fingerprint density at radius 1 is 0.852 bits per heavy atom. The second-order valence-corrected chi connectivity index (χ2v) is 13.6. The van der Waals surface area contributed by atoms with E-state index >= 15 is 0 Å². The molecule has 0 aromatic heterocycles. The first-order valence-electron chi connectivity index (χ1n) is 17.9. The van der Waals surface area contributed by atoms with Crippen LogP contribution in [-0.2, 0) is 27.2 Å². The van der Waals surface area contributed by atoms with Gasteiger partial charge in [0.05, 0.1) is 0 Å². The van der Waals surface area contributed by atoms with Gasteiger partial charge in [-0.25, -0.2) is 9.59 Å². The van der Waals surface area contributed by atoms with Crippen molar-refractivity contribution in [1.82, 2.24) is 5.32 Å². The largest absolute Gasteiger partial charge is 0.508 e. The first-order chi connectivity index (χ1) is 25.8. The van der Waals surface area contributed by atoms with Crippen LogP contribution in [-0.4, -0.2) is 72.0 Å². The minimum atomic E-state index is -1.69. The fourth-order valence-corrected chi connectivity index (χ4v) is 7.69. The highest BCUT2D eigenvalue weighted by molar-refractivity contribution is 5.98. The Kier molecular flexibility index (Phi) is 10.8. The molecule has 0 spiro atoms. The molecular weight excluding hydrogens is 694 g/mol. The Labute approximate surface area is 311 Å². The lowest BCUT2D eigenvalue weighted by Crippen LogP contribution is -2.38. The number of nitrogens with one attached hydrogen (secondary N) is 1. The van der Waals surface area contributed by atoms with Crippen molar-refractivity contribution < 1.29 is 55.2 Å². The number of aromatic hydroxyl groups is 7. The van der Waals surface area contributed by atoms with Crippen molar-refractivity contribution in [3.63, 3.8) is 0 Å². The summed E-state index contributed by atoms with van der Waals surface area (Å²) in [5.41, 5.74) is 5.61. The number of carbonyl (C=O) groups is 2. The maximum absolute atomic E-state index is 13.3. The summed E-state index contributed by atoms with van der Waals surface area (Å²) in [7, 11) is 0. The second-order valence-electron chi connectivity index (χ2n) is 13.6. The van der Waals surface area contributed by atoms with Gasteiger partial charge in [0.2, 0.25) is 6.10 Å². The molecule has 4 aromatic carbocycles. The molecule has 12 nitrogen and oxygen atoms in total. The number of esters is 1. The van der Waals surface area contributed by atoms with Crippen molar-refractivity contribution in [2.75, 3.05) is 13.1 Å². The predicted octanol–water partition coefficient (Wildman–Crippen LogP) is 6.62. The van der Waals surface area contributed by atoms with E-state index < -0.39 is 41.2 Å². The van der Waals surface area contributed by atoms with Crippen LogP contribution >= 0.6 is 0 Å². The molecule has 3 atom stereocenters. The first-order valence-corrected chi connectivity index (χ1v) is 17.9. The van der Waals surface area contributed by atoms with E-state index in [9.17, 15) is 50.4 Å². The highest BCUT2D eigenvalue weighted by atomic mass is 16.6. The molecule has 6 rings (SSSR count). The summed E-state index contributed by atoms with van der Waals surface area (Å²) in [6.07, 6.45) is 5.06. The quantitative estimate of drug-likeness (QED) is 0.0451. The lowest BCUT2D eigenvalue weighted by molar-refractivity contribution is -0.162. The van der Waals surface area contributed by atoms with E-state index in [1.807, 2.05) is 19.9 Å². The molecule has 2 aliphatic rings. The van der Waals surface area contributed by atoms with Gasteiger partial charge in [-0.05, 0) is 120 Å². The van der Waals surface area contributed by atoms with Gasteiger partial charge in [0, 0.05) is 35.2 Å². The summed E-state index contributed by atoms with van der Waals surface area (Å²) < 4.78 is 5.48. The molecule has 0 fully saturated rings. The smallest absolute Gasteiger partial charge is 0.345 e.